The number of piperidine rings is 1. The van der Waals surface area contributed by atoms with Crippen LogP contribution < -0.4 is 5.32 Å². The van der Waals surface area contributed by atoms with E-state index >= 15 is 0 Å². The van der Waals surface area contributed by atoms with Gasteiger partial charge in [-0.2, -0.15) is 0 Å². The number of aromatic nitrogens is 1. The molecule has 0 bridgehead atoms. The number of rotatable bonds is 6. The van der Waals surface area contributed by atoms with E-state index in [0.717, 1.165) is 23.2 Å². The Morgan fingerprint density at radius 1 is 1.30 bits per heavy atom. The highest BCUT2D eigenvalue weighted by molar-refractivity contribution is 7.09. The molecule has 1 unspecified atom stereocenters. The molecule has 2 aliphatic heterocycles. The van der Waals surface area contributed by atoms with Crippen molar-refractivity contribution < 1.29 is 4.79 Å². The van der Waals surface area contributed by atoms with Gasteiger partial charge in [0.2, 0.25) is 5.91 Å². The first kappa shape index (κ1) is 16.9. The predicted molar refractivity (Wildman–Crippen MR) is 93.6 cm³/mol. The molecule has 0 aromatic carbocycles. The Balaban J connectivity index is 1.43. The molecule has 3 heterocycles. The topological polar surface area (TPSA) is 48.5 Å². The van der Waals surface area contributed by atoms with Crippen LogP contribution in [-0.2, 0) is 17.8 Å². The predicted octanol–water partition coefficient (Wildman–Crippen LogP) is 1.74. The summed E-state index contributed by atoms with van der Waals surface area (Å²) in [6, 6.07) is 0. The number of amides is 1. The Morgan fingerprint density at radius 3 is 2.91 bits per heavy atom. The first-order chi connectivity index (χ1) is 11.2. The van der Waals surface area contributed by atoms with Crippen molar-refractivity contribution in [1.29, 1.82) is 0 Å². The summed E-state index contributed by atoms with van der Waals surface area (Å²) in [5.41, 5.74) is 1.12. The molecule has 0 aliphatic carbocycles. The lowest BCUT2D eigenvalue weighted by Crippen LogP contribution is -2.35. The van der Waals surface area contributed by atoms with Crippen LogP contribution in [0.4, 0.5) is 0 Å². The number of hydrogen-bond donors (Lipinski definition) is 1. The van der Waals surface area contributed by atoms with Crippen molar-refractivity contribution in [1.82, 2.24) is 20.1 Å². The van der Waals surface area contributed by atoms with Gasteiger partial charge in [-0.1, -0.05) is 6.42 Å². The Kier molecular flexibility index (Phi) is 6.02. The van der Waals surface area contributed by atoms with Gasteiger partial charge in [-0.05, 0) is 44.8 Å². The lowest BCUT2D eigenvalue weighted by Gasteiger charge is -2.29. The van der Waals surface area contributed by atoms with Crippen LogP contribution in [-0.4, -0.2) is 60.5 Å². The number of hydrogen-bond acceptors (Lipinski definition) is 5. The van der Waals surface area contributed by atoms with Gasteiger partial charge in [-0.25, -0.2) is 4.98 Å². The molecule has 0 saturated carbocycles. The van der Waals surface area contributed by atoms with Crippen LogP contribution in [0.5, 0.6) is 0 Å². The monoisotopic (exact) mass is 336 g/mol. The van der Waals surface area contributed by atoms with Gasteiger partial charge >= 0.3 is 0 Å². The molecule has 0 radical (unpaired) electrons. The van der Waals surface area contributed by atoms with E-state index in [9.17, 15) is 4.79 Å². The molecule has 1 aromatic heterocycles. The van der Waals surface area contributed by atoms with Gasteiger partial charge in [0.25, 0.3) is 0 Å². The van der Waals surface area contributed by atoms with Crippen LogP contribution >= 0.6 is 11.3 Å². The zero-order chi connectivity index (χ0) is 16.1. The number of likely N-dealkylation sites (N-methyl/N-ethyl adjacent to an activating group) is 1. The summed E-state index contributed by atoms with van der Waals surface area (Å²) in [4.78, 5) is 21.2. The summed E-state index contributed by atoms with van der Waals surface area (Å²) in [6.07, 6.45) is 5.88. The van der Waals surface area contributed by atoms with Crippen molar-refractivity contribution in [2.45, 2.75) is 38.6 Å². The summed E-state index contributed by atoms with van der Waals surface area (Å²) in [6.45, 7) is 7.17. The van der Waals surface area contributed by atoms with Gasteiger partial charge in [0.05, 0.1) is 12.1 Å². The van der Waals surface area contributed by atoms with Crippen LogP contribution in [0.25, 0.3) is 0 Å². The zero-order valence-corrected chi connectivity index (χ0v) is 14.9. The van der Waals surface area contributed by atoms with Crippen molar-refractivity contribution in [2.24, 2.45) is 5.92 Å². The molecule has 23 heavy (non-hydrogen) atoms. The quantitative estimate of drug-likeness (QED) is 0.860. The number of nitrogens with zero attached hydrogens (tertiary/aromatic N) is 3. The van der Waals surface area contributed by atoms with Gasteiger partial charge < -0.3 is 10.2 Å². The van der Waals surface area contributed by atoms with Gasteiger partial charge in [0, 0.05) is 32.1 Å². The lowest BCUT2D eigenvalue weighted by molar-refractivity contribution is -0.119. The van der Waals surface area contributed by atoms with Crippen molar-refractivity contribution in [3.05, 3.63) is 16.1 Å². The normalized spacial score (nSPS) is 23.3. The lowest BCUT2D eigenvalue weighted by atomic mass is 10.1. The average molecular weight is 337 g/mol. The molecule has 3 rings (SSSR count). The number of nitrogens with one attached hydrogen (secondary N) is 1. The molecule has 6 heteroatoms. The maximum atomic E-state index is 11.4. The van der Waals surface area contributed by atoms with Gasteiger partial charge in [0.1, 0.15) is 5.01 Å². The third-order valence-electron chi connectivity index (χ3n) is 4.91. The second-order valence-electron chi connectivity index (χ2n) is 6.83. The van der Waals surface area contributed by atoms with Crippen molar-refractivity contribution in [2.75, 3.05) is 39.8 Å². The Labute approximate surface area is 143 Å². The molecule has 2 saturated heterocycles. The minimum Gasteiger partial charge on any atom is -0.359 e. The van der Waals surface area contributed by atoms with Crippen LogP contribution in [0.3, 0.4) is 0 Å². The Morgan fingerprint density at radius 2 is 2.13 bits per heavy atom. The van der Waals surface area contributed by atoms with Gasteiger partial charge in [-0.3, -0.25) is 9.69 Å². The summed E-state index contributed by atoms with van der Waals surface area (Å²) in [7, 11) is 1.67. The zero-order valence-electron chi connectivity index (χ0n) is 14.1. The number of thiazole rings is 1. The smallest absolute Gasteiger partial charge is 0.226 e. The van der Waals surface area contributed by atoms with E-state index in [4.69, 9.17) is 0 Å². The van der Waals surface area contributed by atoms with E-state index in [1.807, 2.05) is 0 Å². The van der Waals surface area contributed by atoms with Gasteiger partial charge in [-0.15, -0.1) is 11.3 Å². The Bertz CT molecular complexity index is 512. The SMILES string of the molecule is CNC(=O)Cc1nc(CN2CCC(CN3CCCCC3)C2)cs1. The molecule has 2 aliphatic rings. The summed E-state index contributed by atoms with van der Waals surface area (Å²) in [5.74, 6) is 0.853. The van der Waals surface area contributed by atoms with Crippen molar-refractivity contribution in [3.63, 3.8) is 0 Å². The van der Waals surface area contributed by atoms with Crippen LogP contribution in [0.2, 0.25) is 0 Å². The summed E-state index contributed by atoms with van der Waals surface area (Å²) in [5, 5.41) is 5.68. The number of likely N-dealkylation sites (tertiary alicyclic amines) is 2. The number of carbonyl (C=O) groups excluding carboxylic acids is 1. The van der Waals surface area contributed by atoms with Crippen LogP contribution in [0.15, 0.2) is 5.38 Å². The highest BCUT2D eigenvalue weighted by Crippen LogP contribution is 2.22. The molecule has 2 fully saturated rings. The van der Waals surface area contributed by atoms with E-state index in [-0.39, 0.29) is 5.91 Å². The summed E-state index contributed by atoms with van der Waals surface area (Å²) < 4.78 is 0. The fourth-order valence-electron chi connectivity index (χ4n) is 3.67. The molecule has 1 amide bonds. The fourth-order valence-corrected chi connectivity index (χ4v) is 4.45. The molecular weight excluding hydrogens is 308 g/mol. The van der Waals surface area contributed by atoms with E-state index in [1.165, 1.54) is 58.4 Å². The standard InChI is InChI=1S/C17H28N4OS/c1-18-16(22)9-17-19-15(13-23-17)12-21-8-5-14(11-21)10-20-6-3-2-4-7-20/h13-14H,2-12H2,1H3,(H,18,22). The first-order valence-electron chi connectivity index (χ1n) is 8.81. The molecule has 5 nitrogen and oxygen atoms in total. The van der Waals surface area contributed by atoms with E-state index < -0.39 is 0 Å². The van der Waals surface area contributed by atoms with Crippen LogP contribution in [0.1, 0.15) is 36.4 Å². The third-order valence-corrected chi connectivity index (χ3v) is 5.81. The molecule has 1 aromatic rings. The largest absolute Gasteiger partial charge is 0.359 e. The Hall–Kier alpha value is -0.980. The van der Waals surface area contributed by atoms with Crippen molar-refractivity contribution in [3.8, 4) is 0 Å². The average Bonchev–Trinajstić information content (AvgIpc) is 3.18. The maximum Gasteiger partial charge on any atom is 0.226 e. The number of carbonyl (C=O) groups is 1. The van der Waals surface area contributed by atoms with Gasteiger partial charge in [0.15, 0.2) is 0 Å². The molecule has 1 atom stereocenters. The first-order valence-corrected chi connectivity index (χ1v) is 9.69. The molecule has 128 valence electrons. The summed E-state index contributed by atoms with van der Waals surface area (Å²) >= 11 is 1.60. The minimum absolute atomic E-state index is 0.0358. The second kappa shape index (κ2) is 8.22. The fraction of sp³-hybridized carbons (Fsp3) is 0.765. The minimum atomic E-state index is 0.0358. The molecule has 0 spiro atoms. The second-order valence-corrected chi connectivity index (χ2v) is 7.78. The molecular formula is C17H28N4OS. The third kappa shape index (κ3) is 4.99. The highest BCUT2D eigenvalue weighted by atomic mass is 32.1. The highest BCUT2D eigenvalue weighted by Gasteiger charge is 2.25. The van der Waals surface area contributed by atoms with Crippen LogP contribution in [0, 0.1) is 5.92 Å². The maximum absolute atomic E-state index is 11.4. The van der Waals surface area contributed by atoms with E-state index in [2.05, 4.69) is 25.5 Å². The van der Waals surface area contributed by atoms with Crippen molar-refractivity contribution >= 4 is 17.2 Å². The molecule has 1 N–H and O–H groups in total. The van der Waals surface area contributed by atoms with E-state index in [0.29, 0.717) is 6.42 Å². The van der Waals surface area contributed by atoms with E-state index in [1.54, 1.807) is 18.4 Å².